The highest BCUT2D eigenvalue weighted by atomic mass is 32.2. The lowest BCUT2D eigenvalue weighted by Crippen LogP contribution is -2.32. The fraction of sp³-hybridized carbons (Fsp3) is 0.462. The van der Waals surface area contributed by atoms with Crippen LogP contribution in [0.2, 0.25) is 0 Å². The minimum atomic E-state index is -4.05. The number of para-hydroxylation sites is 1. The van der Waals surface area contributed by atoms with Crippen molar-refractivity contribution in [3.63, 3.8) is 0 Å². The van der Waals surface area contributed by atoms with Crippen LogP contribution in [0.15, 0.2) is 52.3 Å². The van der Waals surface area contributed by atoms with Crippen molar-refractivity contribution >= 4 is 39.3 Å². The molecule has 4 rings (SSSR count). The molecular weight excluding hydrogens is 498 g/mol. The van der Waals surface area contributed by atoms with Gasteiger partial charge in [-0.05, 0) is 62.3 Å². The highest BCUT2D eigenvalue weighted by Gasteiger charge is 2.25. The fourth-order valence-electron chi connectivity index (χ4n) is 4.55. The van der Waals surface area contributed by atoms with E-state index in [1.807, 2.05) is 11.2 Å². The number of hydrogen-bond donors (Lipinski definition) is 2. The molecule has 10 heteroatoms. The molecule has 2 heterocycles. The summed E-state index contributed by atoms with van der Waals surface area (Å²) in [5.41, 5.74) is 0.784. The van der Waals surface area contributed by atoms with Crippen LogP contribution in [0.4, 0.5) is 5.69 Å². The average molecular weight is 532 g/mol. The first-order chi connectivity index (χ1) is 17.4. The van der Waals surface area contributed by atoms with Crippen LogP contribution in [0.1, 0.15) is 59.2 Å². The molecule has 0 radical (unpaired) electrons. The molecule has 2 aliphatic rings. The fourth-order valence-corrected chi connectivity index (χ4v) is 6.22. The van der Waals surface area contributed by atoms with E-state index in [4.69, 9.17) is 4.74 Å². The molecule has 0 aliphatic carbocycles. The molecule has 2 amide bonds. The number of hydrogen-bond acceptors (Lipinski definition) is 6. The molecule has 2 fully saturated rings. The van der Waals surface area contributed by atoms with E-state index in [2.05, 4.69) is 10.0 Å². The summed E-state index contributed by atoms with van der Waals surface area (Å²) in [4.78, 5) is 28.7. The number of likely N-dealkylation sites (tertiary alicyclic amines) is 1. The van der Waals surface area contributed by atoms with E-state index in [9.17, 15) is 18.0 Å². The van der Waals surface area contributed by atoms with E-state index < -0.39 is 10.0 Å². The summed E-state index contributed by atoms with van der Waals surface area (Å²) in [5, 5.41) is 2.84. The van der Waals surface area contributed by atoms with Crippen molar-refractivity contribution < 1.29 is 22.7 Å². The molecule has 0 unspecified atom stereocenters. The van der Waals surface area contributed by atoms with Crippen molar-refractivity contribution in [1.82, 2.24) is 10.2 Å². The summed E-state index contributed by atoms with van der Waals surface area (Å²) < 4.78 is 34.8. The summed E-state index contributed by atoms with van der Waals surface area (Å²) >= 11 is 1.41. The van der Waals surface area contributed by atoms with Gasteiger partial charge in [-0.1, -0.05) is 25.0 Å². The van der Waals surface area contributed by atoms with Crippen molar-refractivity contribution in [2.75, 3.05) is 37.2 Å². The molecule has 2 N–H and O–H groups in total. The molecule has 0 spiro atoms. The second-order valence-electron chi connectivity index (χ2n) is 9.06. The Hall–Kier alpha value is -2.56. The van der Waals surface area contributed by atoms with Crippen molar-refractivity contribution in [2.45, 2.75) is 54.4 Å². The lowest BCUT2D eigenvalue weighted by Gasteiger charge is -2.22. The minimum absolute atomic E-state index is 0.0203. The van der Waals surface area contributed by atoms with Crippen molar-refractivity contribution in [3.05, 3.63) is 53.6 Å². The molecule has 2 aromatic carbocycles. The average Bonchev–Trinajstić information content (AvgIpc) is 3.26. The summed E-state index contributed by atoms with van der Waals surface area (Å²) in [6.07, 6.45) is 7.79. The molecule has 0 aromatic heterocycles. The van der Waals surface area contributed by atoms with Gasteiger partial charge in [0.1, 0.15) is 0 Å². The van der Waals surface area contributed by atoms with Crippen molar-refractivity contribution in [2.24, 2.45) is 0 Å². The highest BCUT2D eigenvalue weighted by molar-refractivity contribution is 7.98. The number of anilines is 1. The van der Waals surface area contributed by atoms with Gasteiger partial charge >= 0.3 is 0 Å². The van der Waals surface area contributed by atoms with Gasteiger partial charge in [-0.15, -0.1) is 11.8 Å². The zero-order valence-corrected chi connectivity index (χ0v) is 22.1. The van der Waals surface area contributed by atoms with E-state index in [0.717, 1.165) is 43.4 Å². The van der Waals surface area contributed by atoms with E-state index in [1.165, 1.54) is 23.9 Å². The van der Waals surface area contributed by atoms with Gasteiger partial charge in [-0.3, -0.25) is 14.3 Å². The standard InChI is InChI=1S/C26H33N3O5S2/c1-35-24-13-12-20(17-22(24)26(31)29-14-6-2-3-7-15-29)36(32,33)28-23-11-5-4-10-21(23)25(30)27-18-19-9-8-16-34-19/h4-5,10-13,17,19,28H,2-3,6-9,14-16,18H2,1H3,(H,27,30)/t19-/m0/s1. The van der Waals surface area contributed by atoms with E-state index in [-0.39, 0.29) is 34.1 Å². The lowest BCUT2D eigenvalue weighted by atomic mass is 10.1. The predicted octanol–water partition coefficient (Wildman–Crippen LogP) is 4.13. The van der Waals surface area contributed by atoms with Crippen LogP contribution < -0.4 is 10.0 Å². The Morgan fingerprint density at radius 3 is 2.47 bits per heavy atom. The first-order valence-electron chi connectivity index (χ1n) is 12.4. The van der Waals surface area contributed by atoms with Gasteiger partial charge < -0.3 is 15.0 Å². The number of ether oxygens (including phenoxy) is 1. The SMILES string of the molecule is CSc1ccc(S(=O)(=O)Nc2ccccc2C(=O)NC[C@@H]2CCCO2)cc1C(=O)N1CCCCCC1. The predicted molar refractivity (Wildman–Crippen MR) is 141 cm³/mol. The van der Waals surface area contributed by atoms with Gasteiger partial charge in [-0.2, -0.15) is 0 Å². The number of benzene rings is 2. The Kier molecular flexibility index (Phi) is 8.92. The number of nitrogens with zero attached hydrogens (tertiary/aromatic N) is 1. The maximum atomic E-state index is 13.4. The Morgan fingerprint density at radius 2 is 1.78 bits per heavy atom. The molecule has 2 aliphatic heterocycles. The topological polar surface area (TPSA) is 105 Å². The van der Waals surface area contributed by atoms with Gasteiger partial charge in [0.2, 0.25) is 0 Å². The number of carbonyl (C=O) groups is 2. The number of nitrogens with one attached hydrogen (secondary N) is 2. The van der Waals surface area contributed by atoms with Crippen molar-refractivity contribution in [1.29, 1.82) is 0 Å². The van der Waals surface area contributed by atoms with E-state index >= 15 is 0 Å². The molecule has 0 bridgehead atoms. The first kappa shape index (κ1) is 26.5. The monoisotopic (exact) mass is 531 g/mol. The highest BCUT2D eigenvalue weighted by Crippen LogP contribution is 2.28. The maximum Gasteiger partial charge on any atom is 0.261 e. The number of thioether (sulfide) groups is 1. The normalized spacial score (nSPS) is 18.5. The van der Waals surface area contributed by atoms with Crippen LogP contribution in [0, 0.1) is 0 Å². The number of sulfonamides is 1. The summed E-state index contributed by atoms with van der Waals surface area (Å²) in [7, 11) is -4.05. The zero-order chi connectivity index (χ0) is 25.5. The Bertz CT molecular complexity index is 1190. The lowest BCUT2D eigenvalue weighted by molar-refractivity contribution is 0.0757. The van der Waals surface area contributed by atoms with E-state index in [1.54, 1.807) is 30.3 Å². The molecule has 2 saturated heterocycles. The second-order valence-corrected chi connectivity index (χ2v) is 11.6. The molecule has 1 atom stereocenters. The van der Waals surface area contributed by atoms with E-state index in [0.29, 0.717) is 31.8 Å². The Balaban J connectivity index is 1.55. The summed E-state index contributed by atoms with van der Waals surface area (Å²) in [6.45, 7) is 2.42. The second kappa shape index (κ2) is 12.1. The van der Waals surface area contributed by atoms with Crippen LogP contribution in [-0.4, -0.2) is 63.7 Å². The number of carbonyl (C=O) groups excluding carboxylic acids is 2. The van der Waals surface area contributed by atoms with Gasteiger partial charge in [-0.25, -0.2) is 8.42 Å². The third kappa shape index (κ3) is 6.41. The van der Waals surface area contributed by atoms with Crippen LogP contribution in [0.5, 0.6) is 0 Å². The van der Waals surface area contributed by atoms with Gasteiger partial charge in [0.25, 0.3) is 21.8 Å². The number of amides is 2. The van der Waals surface area contributed by atoms with Crippen LogP contribution >= 0.6 is 11.8 Å². The quantitative estimate of drug-likeness (QED) is 0.496. The van der Waals surface area contributed by atoms with Gasteiger partial charge in [0.05, 0.1) is 27.8 Å². The van der Waals surface area contributed by atoms with Crippen LogP contribution in [-0.2, 0) is 14.8 Å². The Labute approximate surface area is 217 Å². The molecule has 0 saturated carbocycles. The van der Waals surface area contributed by atoms with Gasteiger partial charge in [0, 0.05) is 31.1 Å². The molecule has 194 valence electrons. The third-order valence-corrected chi connectivity index (χ3v) is 8.69. The third-order valence-electron chi connectivity index (χ3n) is 6.54. The van der Waals surface area contributed by atoms with Gasteiger partial charge in [0.15, 0.2) is 0 Å². The minimum Gasteiger partial charge on any atom is -0.376 e. The maximum absolute atomic E-state index is 13.4. The Morgan fingerprint density at radius 1 is 1.03 bits per heavy atom. The van der Waals surface area contributed by atoms with Crippen molar-refractivity contribution in [3.8, 4) is 0 Å². The smallest absolute Gasteiger partial charge is 0.261 e. The molecular formula is C26H33N3O5S2. The molecule has 8 nitrogen and oxygen atoms in total. The number of rotatable bonds is 8. The summed E-state index contributed by atoms with van der Waals surface area (Å²) in [6, 6.07) is 11.1. The largest absolute Gasteiger partial charge is 0.376 e. The molecule has 36 heavy (non-hydrogen) atoms. The molecule has 2 aromatic rings. The summed E-state index contributed by atoms with van der Waals surface area (Å²) in [5.74, 6) is -0.522. The zero-order valence-electron chi connectivity index (χ0n) is 20.5. The van der Waals surface area contributed by atoms with Crippen LogP contribution in [0.25, 0.3) is 0 Å². The van der Waals surface area contributed by atoms with Crippen LogP contribution in [0.3, 0.4) is 0 Å². The first-order valence-corrected chi connectivity index (χ1v) is 15.1.